The molecule has 0 bridgehead atoms. The Kier molecular flexibility index (Phi) is 5.85. The van der Waals surface area contributed by atoms with Crippen LogP contribution in [0.2, 0.25) is 0 Å². The maximum Gasteiger partial charge on any atom is 0.479 e. The Balaban J connectivity index is 1.72. The van der Waals surface area contributed by atoms with Gasteiger partial charge in [0.2, 0.25) is 11.8 Å². The van der Waals surface area contributed by atoms with E-state index in [-0.39, 0.29) is 22.9 Å². The summed E-state index contributed by atoms with van der Waals surface area (Å²) < 4.78 is 0. The highest BCUT2D eigenvalue weighted by Crippen LogP contribution is 2.38. The van der Waals surface area contributed by atoms with E-state index >= 15 is 0 Å². The number of hydrogen-bond acceptors (Lipinski definition) is 7. The fourth-order valence-electron chi connectivity index (χ4n) is 3.45. The minimum Gasteiger partial charge on any atom is -0.340 e. The lowest BCUT2D eigenvalue weighted by Crippen LogP contribution is -2.47. The molecule has 0 radical (unpaired) electrons. The van der Waals surface area contributed by atoms with E-state index in [4.69, 9.17) is 0 Å². The van der Waals surface area contributed by atoms with Crippen molar-refractivity contribution < 1.29 is 19.3 Å². The normalized spacial score (nSPS) is 17.3. The summed E-state index contributed by atoms with van der Waals surface area (Å²) >= 11 is 1.21. The van der Waals surface area contributed by atoms with Gasteiger partial charge < -0.3 is 15.1 Å². The number of aryl methyl sites for hydroxylation is 1. The Morgan fingerprint density at radius 2 is 1.81 bits per heavy atom. The number of anilines is 1. The van der Waals surface area contributed by atoms with E-state index in [9.17, 15) is 24.5 Å². The number of carbonyl (C=O) groups is 3. The zero-order valence-corrected chi connectivity index (χ0v) is 16.0. The predicted molar refractivity (Wildman–Crippen MR) is 99.6 cm³/mol. The number of hydrogen-bond donors (Lipinski definition) is 1. The van der Waals surface area contributed by atoms with Crippen LogP contribution in [0.25, 0.3) is 0 Å². The standard InChI is InChI=1S/C17H22N4O5S/c1-19-6-8-20(9-7-19)14(23)10-13(22)18-16-15(17(24)21(25)26)11-4-2-3-5-12(11)27-16/h2-10H2,1H3,(H,18,22). The first kappa shape index (κ1) is 19.4. The SMILES string of the molecule is CN1CCN(C(=O)CC(=O)Nc2sc3c(c2C(=O)[N+](=O)[O-])CCCC3)CC1. The molecular weight excluding hydrogens is 372 g/mol. The topological polar surface area (TPSA) is 113 Å². The third kappa shape index (κ3) is 4.33. The Morgan fingerprint density at radius 3 is 2.48 bits per heavy atom. The Hall–Kier alpha value is -2.33. The average molecular weight is 394 g/mol. The lowest BCUT2D eigenvalue weighted by molar-refractivity contribution is -0.375. The molecule has 0 unspecified atom stereocenters. The highest BCUT2D eigenvalue weighted by Gasteiger charge is 2.33. The predicted octanol–water partition coefficient (Wildman–Crippen LogP) is 1.15. The highest BCUT2D eigenvalue weighted by atomic mass is 32.1. The second kappa shape index (κ2) is 8.13. The molecule has 0 atom stereocenters. The van der Waals surface area contributed by atoms with Gasteiger partial charge in [-0.05, 0) is 38.3 Å². The van der Waals surface area contributed by atoms with Gasteiger partial charge in [-0.1, -0.05) is 0 Å². The minimum absolute atomic E-state index is 0.0138. The molecular formula is C17H22N4O5S. The van der Waals surface area contributed by atoms with Crippen LogP contribution in [0.15, 0.2) is 0 Å². The number of thiophene rings is 1. The van der Waals surface area contributed by atoms with E-state index in [1.54, 1.807) is 4.90 Å². The molecule has 1 N–H and O–H groups in total. The van der Waals surface area contributed by atoms with Crippen LogP contribution in [0.5, 0.6) is 0 Å². The Labute approximate surface area is 160 Å². The molecule has 2 aliphatic rings. The van der Waals surface area contributed by atoms with Gasteiger partial charge in [0.1, 0.15) is 21.9 Å². The zero-order valence-electron chi connectivity index (χ0n) is 15.2. The first-order valence-electron chi connectivity index (χ1n) is 8.96. The van der Waals surface area contributed by atoms with Crippen molar-refractivity contribution in [1.29, 1.82) is 0 Å². The average Bonchev–Trinajstić information content (AvgIpc) is 2.98. The molecule has 0 spiro atoms. The van der Waals surface area contributed by atoms with Gasteiger partial charge in [-0.2, -0.15) is 0 Å². The molecule has 1 aliphatic carbocycles. The first-order chi connectivity index (χ1) is 12.9. The van der Waals surface area contributed by atoms with Crippen LogP contribution in [0, 0.1) is 10.1 Å². The summed E-state index contributed by atoms with van der Waals surface area (Å²) in [6.07, 6.45) is 2.81. The van der Waals surface area contributed by atoms with Gasteiger partial charge in [-0.3, -0.25) is 19.7 Å². The molecule has 1 saturated heterocycles. The van der Waals surface area contributed by atoms with Crippen molar-refractivity contribution in [2.24, 2.45) is 0 Å². The number of rotatable bonds is 4. The molecule has 1 aliphatic heterocycles. The Bertz CT molecular complexity index is 783. The van der Waals surface area contributed by atoms with Crippen LogP contribution in [0.1, 0.15) is 40.1 Å². The number of amides is 3. The molecule has 1 aromatic heterocycles. The number of nitrogens with one attached hydrogen (secondary N) is 1. The van der Waals surface area contributed by atoms with Crippen molar-refractivity contribution in [3.8, 4) is 0 Å². The van der Waals surface area contributed by atoms with Gasteiger partial charge in [0, 0.05) is 31.1 Å². The summed E-state index contributed by atoms with van der Waals surface area (Å²) in [6, 6.07) is 0. The maximum absolute atomic E-state index is 12.3. The quantitative estimate of drug-likeness (QED) is 0.466. The van der Waals surface area contributed by atoms with E-state index in [0.717, 1.165) is 37.2 Å². The summed E-state index contributed by atoms with van der Waals surface area (Å²) in [7, 11) is 1.97. The summed E-state index contributed by atoms with van der Waals surface area (Å²) in [5.74, 6) is -2.02. The number of carbonyl (C=O) groups excluding carboxylic acids is 3. The lowest BCUT2D eigenvalue weighted by Gasteiger charge is -2.32. The molecule has 10 heteroatoms. The van der Waals surface area contributed by atoms with Crippen molar-refractivity contribution in [2.75, 3.05) is 38.5 Å². The third-order valence-corrected chi connectivity index (χ3v) is 6.18. The van der Waals surface area contributed by atoms with Crippen LogP contribution in [-0.4, -0.2) is 65.7 Å². The zero-order chi connectivity index (χ0) is 19.6. The van der Waals surface area contributed by atoms with Gasteiger partial charge in [-0.25, -0.2) is 4.79 Å². The van der Waals surface area contributed by atoms with Crippen molar-refractivity contribution in [3.05, 3.63) is 26.1 Å². The fraction of sp³-hybridized carbons (Fsp3) is 0.588. The van der Waals surface area contributed by atoms with Gasteiger partial charge in [0.25, 0.3) is 0 Å². The van der Waals surface area contributed by atoms with Crippen LogP contribution < -0.4 is 5.32 Å². The molecule has 1 aromatic rings. The highest BCUT2D eigenvalue weighted by molar-refractivity contribution is 7.17. The summed E-state index contributed by atoms with van der Waals surface area (Å²) in [5, 5.41) is 13.8. The molecule has 0 aromatic carbocycles. The largest absolute Gasteiger partial charge is 0.479 e. The monoisotopic (exact) mass is 394 g/mol. The van der Waals surface area contributed by atoms with Gasteiger partial charge >= 0.3 is 5.91 Å². The Morgan fingerprint density at radius 1 is 1.15 bits per heavy atom. The van der Waals surface area contributed by atoms with Gasteiger partial charge in [0.05, 0.1) is 0 Å². The van der Waals surface area contributed by atoms with Crippen LogP contribution in [0.3, 0.4) is 0 Å². The van der Waals surface area contributed by atoms with Crippen molar-refractivity contribution in [3.63, 3.8) is 0 Å². The molecule has 0 saturated carbocycles. The number of piperazine rings is 1. The lowest BCUT2D eigenvalue weighted by atomic mass is 9.95. The molecule has 146 valence electrons. The van der Waals surface area contributed by atoms with Crippen LogP contribution in [-0.2, 0) is 22.4 Å². The second-order valence-electron chi connectivity index (χ2n) is 6.89. The number of nitro groups is 1. The number of fused-ring (bicyclic) bond motifs is 1. The van der Waals surface area contributed by atoms with Crippen LogP contribution >= 0.6 is 11.3 Å². The first-order valence-corrected chi connectivity index (χ1v) is 9.78. The molecule has 1 fully saturated rings. The number of nitrogens with zero attached hydrogens (tertiary/aromatic N) is 3. The smallest absolute Gasteiger partial charge is 0.340 e. The van der Waals surface area contributed by atoms with E-state index in [1.165, 1.54) is 11.3 Å². The second-order valence-corrected chi connectivity index (χ2v) is 7.99. The number of likely N-dealkylation sites (N-methyl/N-ethyl adjacent to an activating group) is 1. The molecule has 2 heterocycles. The summed E-state index contributed by atoms with van der Waals surface area (Å²) in [4.78, 5) is 51.4. The summed E-state index contributed by atoms with van der Waals surface area (Å²) in [6.45, 7) is 2.65. The third-order valence-electron chi connectivity index (χ3n) is 4.97. The molecule has 3 amide bonds. The van der Waals surface area contributed by atoms with Crippen molar-refractivity contribution in [1.82, 2.24) is 9.80 Å². The van der Waals surface area contributed by atoms with Crippen molar-refractivity contribution in [2.45, 2.75) is 32.1 Å². The van der Waals surface area contributed by atoms with Crippen LogP contribution in [0.4, 0.5) is 5.00 Å². The van der Waals surface area contributed by atoms with Gasteiger partial charge in [-0.15, -0.1) is 11.3 Å². The summed E-state index contributed by atoms with van der Waals surface area (Å²) in [5.41, 5.74) is 0.661. The minimum atomic E-state index is -1.20. The van der Waals surface area contributed by atoms with Gasteiger partial charge in [0.15, 0.2) is 0 Å². The molecule has 9 nitrogen and oxygen atoms in total. The van der Waals surface area contributed by atoms with E-state index in [2.05, 4.69) is 10.2 Å². The fourth-order valence-corrected chi connectivity index (χ4v) is 4.74. The maximum atomic E-state index is 12.3. The molecule has 3 rings (SSSR count). The van der Waals surface area contributed by atoms with E-state index < -0.39 is 16.7 Å². The van der Waals surface area contributed by atoms with E-state index in [0.29, 0.717) is 25.1 Å². The van der Waals surface area contributed by atoms with E-state index in [1.807, 2.05) is 7.05 Å². The molecule has 27 heavy (non-hydrogen) atoms. The van der Waals surface area contributed by atoms with Crippen molar-refractivity contribution >= 4 is 34.1 Å².